The van der Waals surface area contributed by atoms with Crippen LogP contribution in [0.4, 0.5) is 0 Å². The molecular formula is C16H26N2OS. The molecule has 1 rings (SSSR count). The van der Waals surface area contributed by atoms with Crippen molar-refractivity contribution in [2.45, 2.75) is 63.4 Å². The molecule has 0 aliphatic heterocycles. The molecule has 1 amide bonds. The van der Waals surface area contributed by atoms with E-state index in [1.165, 1.54) is 5.56 Å². The Labute approximate surface area is 126 Å². The summed E-state index contributed by atoms with van der Waals surface area (Å²) >= 11 is 1.60. The molecule has 0 radical (unpaired) electrons. The molecule has 0 saturated carbocycles. The highest BCUT2D eigenvalue weighted by molar-refractivity contribution is 8.00. The van der Waals surface area contributed by atoms with E-state index in [9.17, 15) is 4.79 Å². The predicted octanol–water partition coefficient (Wildman–Crippen LogP) is 3.19. The molecule has 1 unspecified atom stereocenters. The normalized spacial score (nSPS) is 12.8. The van der Waals surface area contributed by atoms with E-state index in [0.29, 0.717) is 6.04 Å². The van der Waals surface area contributed by atoms with E-state index in [-0.39, 0.29) is 17.2 Å². The van der Waals surface area contributed by atoms with Gasteiger partial charge >= 0.3 is 0 Å². The quantitative estimate of drug-likeness (QED) is 0.759. The van der Waals surface area contributed by atoms with Gasteiger partial charge in [-0.15, -0.1) is 11.8 Å². The maximum absolute atomic E-state index is 11.9. The summed E-state index contributed by atoms with van der Waals surface area (Å²) in [6, 6.07) is 9.03. The van der Waals surface area contributed by atoms with Crippen molar-refractivity contribution >= 4 is 17.7 Å². The third-order valence-corrected chi connectivity index (χ3v) is 3.82. The molecular weight excluding hydrogens is 268 g/mol. The first-order valence-corrected chi connectivity index (χ1v) is 8.05. The van der Waals surface area contributed by atoms with Crippen molar-refractivity contribution in [3.8, 4) is 0 Å². The van der Waals surface area contributed by atoms with Crippen LogP contribution in [0.3, 0.4) is 0 Å². The summed E-state index contributed by atoms with van der Waals surface area (Å²) in [7, 11) is 0. The van der Waals surface area contributed by atoms with Crippen LogP contribution in [-0.2, 0) is 11.3 Å². The van der Waals surface area contributed by atoms with Crippen molar-refractivity contribution in [3.63, 3.8) is 0 Å². The third-order valence-electron chi connectivity index (χ3n) is 2.73. The number of hydrogen-bond donors (Lipinski definition) is 2. The molecule has 1 aromatic rings. The Morgan fingerprint density at radius 1 is 1.15 bits per heavy atom. The minimum Gasteiger partial charge on any atom is -0.353 e. The van der Waals surface area contributed by atoms with Crippen LogP contribution in [0.2, 0.25) is 0 Å². The van der Waals surface area contributed by atoms with Gasteiger partial charge in [0.1, 0.15) is 0 Å². The van der Waals surface area contributed by atoms with E-state index in [1.807, 2.05) is 26.8 Å². The number of carbonyl (C=O) groups excluding carboxylic acids is 1. The van der Waals surface area contributed by atoms with Crippen LogP contribution >= 0.6 is 11.8 Å². The minimum absolute atomic E-state index is 0.0780. The van der Waals surface area contributed by atoms with Gasteiger partial charge in [0.15, 0.2) is 0 Å². The van der Waals surface area contributed by atoms with Gasteiger partial charge in [0.25, 0.3) is 0 Å². The molecule has 0 bridgehead atoms. The van der Waals surface area contributed by atoms with E-state index in [2.05, 4.69) is 42.7 Å². The second kappa shape index (κ2) is 8.32. The molecule has 0 heterocycles. The van der Waals surface area contributed by atoms with Gasteiger partial charge < -0.3 is 10.6 Å². The zero-order chi connectivity index (χ0) is 15.1. The highest BCUT2D eigenvalue weighted by Crippen LogP contribution is 2.24. The number of hydrogen-bond acceptors (Lipinski definition) is 3. The second-order valence-electron chi connectivity index (χ2n) is 5.61. The van der Waals surface area contributed by atoms with Crippen molar-refractivity contribution in [1.29, 1.82) is 0 Å². The molecule has 4 heteroatoms. The largest absolute Gasteiger partial charge is 0.353 e. The minimum atomic E-state index is -0.0780. The van der Waals surface area contributed by atoms with Crippen molar-refractivity contribution in [2.24, 2.45) is 0 Å². The van der Waals surface area contributed by atoms with E-state index >= 15 is 0 Å². The first-order valence-electron chi connectivity index (χ1n) is 7.18. The summed E-state index contributed by atoms with van der Waals surface area (Å²) in [5.41, 5.74) is 1.25. The number of carbonyl (C=O) groups is 1. The predicted molar refractivity (Wildman–Crippen MR) is 87.0 cm³/mol. The molecule has 0 aliphatic rings. The van der Waals surface area contributed by atoms with E-state index < -0.39 is 0 Å². The molecule has 0 aliphatic carbocycles. The van der Waals surface area contributed by atoms with E-state index in [4.69, 9.17) is 0 Å². The fourth-order valence-corrected chi connectivity index (χ4v) is 2.67. The van der Waals surface area contributed by atoms with Gasteiger partial charge in [-0.3, -0.25) is 4.79 Å². The van der Waals surface area contributed by atoms with Gasteiger partial charge in [-0.2, -0.15) is 0 Å². The summed E-state index contributed by atoms with van der Waals surface area (Å²) in [4.78, 5) is 13.1. The number of benzene rings is 1. The fourth-order valence-electron chi connectivity index (χ4n) is 1.71. The summed E-state index contributed by atoms with van der Waals surface area (Å²) in [5, 5.41) is 6.27. The molecule has 112 valence electrons. The van der Waals surface area contributed by atoms with E-state index in [0.717, 1.165) is 11.4 Å². The van der Waals surface area contributed by atoms with Crippen molar-refractivity contribution in [2.75, 3.05) is 0 Å². The second-order valence-corrected chi connectivity index (χ2v) is 7.02. The smallest absolute Gasteiger partial charge is 0.233 e. The highest BCUT2D eigenvalue weighted by atomic mass is 32.2. The standard InChI is InChI=1S/C16H26N2OS/c1-11(2)17-10-14-7-6-8-15(9-14)20-13(5)16(19)18-12(3)4/h6-9,11-13,17H,10H2,1-5H3,(H,18,19). The van der Waals surface area contributed by atoms with Crippen LogP contribution in [0.25, 0.3) is 0 Å². The lowest BCUT2D eigenvalue weighted by atomic mass is 10.2. The highest BCUT2D eigenvalue weighted by Gasteiger charge is 2.15. The molecule has 1 aromatic carbocycles. The lowest BCUT2D eigenvalue weighted by Gasteiger charge is -2.15. The molecule has 1 atom stereocenters. The first-order chi connectivity index (χ1) is 9.38. The lowest BCUT2D eigenvalue weighted by Crippen LogP contribution is -2.35. The Hall–Kier alpha value is -1.00. The maximum Gasteiger partial charge on any atom is 0.233 e. The number of amides is 1. The van der Waals surface area contributed by atoms with Crippen molar-refractivity contribution in [3.05, 3.63) is 29.8 Å². The number of thioether (sulfide) groups is 1. The topological polar surface area (TPSA) is 41.1 Å². The van der Waals surface area contributed by atoms with Crippen LogP contribution in [0, 0.1) is 0 Å². The molecule has 2 N–H and O–H groups in total. The van der Waals surface area contributed by atoms with Crippen LogP contribution in [0.5, 0.6) is 0 Å². The van der Waals surface area contributed by atoms with Gasteiger partial charge in [-0.1, -0.05) is 26.0 Å². The van der Waals surface area contributed by atoms with Gasteiger partial charge in [0.2, 0.25) is 5.91 Å². The zero-order valence-corrected chi connectivity index (χ0v) is 13.9. The van der Waals surface area contributed by atoms with Gasteiger partial charge in [0, 0.05) is 23.5 Å². The van der Waals surface area contributed by atoms with Crippen LogP contribution in [0.1, 0.15) is 40.2 Å². The Kier molecular flexibility index (Phi) is 7.10. The summed E-state index contributed by atoms with van der Waals surface area (Å²) < 4.78 is 0. The Morgan fingerprint density at radius 2 is 1.85 bits per heavy atom. The molecule has 3 nitrogen and oxygen atoms in total. The van der Waals surface area contributed by atoms with E-state index in [1.54, 1.807) is 11.8 Å². The SMILES string of the molecule is CC(C)NCc1cccc(SC(C)C(=O)NC(C)C)c1. The lowest BCUT2D eigenvalue weighted by molar-refractivity contribution is -0.120. The Balaban J connectivity index is 2.59. The van der Waals surface area contributed by atoms with Gasteiger partial charge in [-0.05, 0) is 38.5 Å². The number of rotatable bonds is 7. The zero-order valence-electron chi connectivity index (χ0n) is 13.1. The van der Waals surface area contributed by atoms with Crippen molar-refractivity contribution < 1.29 is 4.79 Å². The fraction of sp³-hybridized carbons (Fsp3) is 0.562. The summed E-state index contributed by atoms with van der Waals surface area (Å²) in [6.07, 6.45) is 0. The molecule has 0 aromatic heterocycles. The molecule has 0 fully saturated rings. The Bertz CT molecular complexity index is 432. The van der Waals surface area contributed by atoms with Crippen LogP contribution < -0.4 is 10.6 Å². The average molecular weight is 294 g/mol. The monoisotopic (exact) mass is 294 g/mol. The van der Waals surface area contributed by atoms with Crippen LogP contribution in [-0.4, -0.2) is 23.2 Å². The maximum atomic E-state index is 11.9. The first kappa shape index (κ1) is 17.1. The number of nitrogens with one attached hydrogen (secondary N) is 2. The summed E-state index contributed by atoms with van der Waals surface area (Å²) in [6.45, 7) is 11.0. The third kappa shape index (κ3) is 6.44. The molecule has 20 heavy (non-hydrogen) atoms. The van der Waals surface area contributed by atoms with Gasteiger partial charge in [-0.25, -0.2) is 0 Å². The summed E-state index contributed by atoms with van der Waals surface area (Å²) in [5.74, 6) is 0.0932. The van der Waals surface area contributed by atoms with Crippen LogP contribution in [0.15, 0.2) is 29.2 Å². The average Bonchev–Trinajstić information content (AvgIpc) is 2.36. The molecule has 0 saturated heterocycles. The van der Waals surface area contributed by atoms with Gasteiger partial charge in [0.05, 0.1) is 5.25 Å². The Morgan fingerprint density at radius 3 is 2.45 bits per heavy atom. The molecule has 0 spiro atoms. The van der Waals surface area contributed by atoms with Crippen molar-refractivity contribution in [1.82, 2.24) is 10.6 Å².